The first-order valence-corrected chi connectivity index (χ1v) is 5.01. The van der Waals surface area contributed by atoms with E-state index in [0.29, 0.717) is 5.57 Å². The minimum Gasteiger partial charge on any atom is -0.460 e. The molecule has 88 valence electrons. The highest BCUT2D eigenvalue weighted by Crippen LogP contribution is 2.00. The van der Waals surface area contributed by atoms with Crippen molar-refractivity contribution in [3.05, 3.63) is 12.2 Å². The van der Waals surface area contributed by atoms with Crippen LogP contribution in [0, 0.1) is 0 Å². The van der Waals surface area contributed by atoms with E-state index in [2.05, 4.69) is 6.58 Å². The quantitative estimate of drug-likeness (QED) is 0.282. The van der Waals surface area contributed by atoms with Crippen LogP contribution in [0.1, 0.15) is 27.7 Å². The van der Waals surface area contributed by atoms with E-state index in [-0.39, 0.29) is 25.6 Å². The molecule has 0 aliphatic carbocycles. The molecule has 0 N–H and O–H groups in total. The van der Waals surface area contributed by atoms with Gasteiger partial charge in [0.15, 0.2) is 0 Å². The summed E-state index contributed by atoms with van der Waals surface area (Å²) in [6, 6.07) is 0. The van der Waals surface area contributed by atoms with E-state index in [4.69, 9.17) is 14.2 Å². The van der Waals surface area contributed by atoms with Gasteiger partial charge in [-0.25, -0.2) is 4.79 Å². The Balaban J connectivity index is 3.61. The molecule has 0 aromatic rings. The third kappa shape index (κ3) is 8.15. The van der Waals surface area contributed by atoms with Crippen LogP contribution in [0.25, 0.3) is 0 Å². The van der Waals surface area contributed by atoms with Crippen LogP contribution < -0.4 is 0 Å². The number of rotatable bonds is 7. The van der Waals surface area contributed by atoms with Gasteiger partial charge in [0, 0.05) is 0 Å². The zero-order chi connectivity index (χ0) is 11.8. The number of ether oxygens (including phenoxy) is 3. The monoisotopic (exact) mass is 216 g/mol. The van der Waals surface area contributed by atoms with Gasteiger partial charge in [0.2, 0.25) is 0 Å². The van der Waals surface area contributed by atoms with Gasteiger partial charge in [-0.1, -0.05) is 6.58 Å². The Labute approximate surface area is 91.2 Å². The van der Waals surface area contributed by atoms with Crippen LogP contribution in [0.15, 0.2) is 12.2 Å². The highest BCUT2D eigenvalue weighted by atomic mass is 16.7. The summed E-state index contributed by atoms with van der Waals surface area (Å²) in [4.78, 5) is 11.2. The number of hydrogen-bond donors (Lipinski definition) is 0. The lowest BCUT2D eigenvalue weighted by atomic mass is 10.3. The average molecular weight is 216 g/mol. The zero-order valence-corrected chi connectivity index (χ0v) is 9.91. The molecule has 0 amide bonds. The average Bonchev–Trinajstić information content (AvgIpc) is 2.10. The molecule has 0 unspecified atom stereocenters. The molecule has 4 nitrogen and oxygen atoms in total. The van der Waals surface area contributed by atoms with Gasteiger partial charge in [0.05, 0.1) is 24.4 Å². The van der Waals surface area contributed by atoms with Crippen molar-refractivity contribution in [3.63, 3.8) is 0 Å². The van der Waals surface area contributed by atoms with Crippen LogP contribution in [0.4, 0.5) is 0 Å². The molecule has 0 saturated carbocycles. The predicted octanol–water partition coefficient (Wildman–Crippen LogP) is 1.89. The first-order valence-electron chi connectivity index (χ1n) is 5.01. The van der Waals surface area contributed by atoms with E-state index in [0.717, 1.165) is 0 Å². The minimum atomic E-state index is -0.422. The SMILES string of the molecule is C=C(COCOC(C)C)C(=O)OC(C)C. The topological polar surface area (TPSA) is 44.8 Å². The second kappa shape index (κ2) is 7.43. The molecule has 0 aromatic heterocycles. The number of carbonyl (C=O) groups is 1. The number of esters is 1. The fourth-order valence-electron chi connectivity index (χ4n) is 0.705. The molecule has 0 radical (unpaired) electrons. The van der Waals surface area contributed by atoms with E-state index < -0.39 is 5.97 Å². The first kappa shape index (κ1) is 14.1. The maximum Gasteiger partial charge on any atom is 0.336 e. The van der Waals surface area contributed by atoms with Gasteiger partial charge in [-0.15, -0.1) is 0 Å². The lowest BCUT2D eigenvalue weighted by Crippen LogP contribution is -2.17. The van der Waals surface area contributed by atoms with Gasteiger partial charge < -0.3 is 14.2 Å². The normalized spacial score (nSPS) is 10.8. The van der Waals surface area contributed by atoms with Crippen LogP contribution in [0.2, 0.25) is 0 Å². The zero-order valence-electron chi connectivity index (χ0n) is 9.91. The van der Waals surface area contributed by atoms with Crippen molar-refractivity contribution >= 4 is 5.97 Å². The Morgan fingerprint density at radius 1 is 1.20 bits per heavy atom. The summed E-state index contributed by atoms with van der Waals surface area (Å²) in [7, 11) is 0. The lowest BCUT2D eigenvalue weighted by molar-refractivity contribution is -0.144. The van der Waals surface area contributed by atoms with E-state index in [1.54, 1.807) is 13.8 Å². The molecule has 0 spiro atoms. The summed E-state index contributed by atoms with van der Waals surface area (Å²) >= 11 is 0. The summed E-state index contributed by atoms with van der Waals surface area (Å²) in [6.07, 6.45) is -0.0259. The van der Waals surface area contributed by atoms with E-state index >= 15 is 0 Å². The lowest BCUT2D eigenvalue weighted by Gasteiger charge is -2.11. The molecule has 0 aromatic carbocycles. The van der Waals surface area contributed by atoms with Gasteiger partial charge in [0.25, 0.3) is 0 Å². The maximum atomic E-state index is 11.2. The Morgan fingerprint density at radius 3 is 2.27 bits per heavy atom. The standard InChI is InChI=1S/C11H20O4/c1-8(2)14-7-13-6-10(5)11(12)15-9(3)4/h8-9H,5-7H2,1-4H3. The van der Waals surface area contributed by atoms with Crippen molar-refractivity contribution in [3.8, 4) is 0 Å². The second-order valence-corrected chi connectivity index (χ2v) is 3.74. The molecule has 0 fully saturated rings. The Morgan fingerprint density at radius 2 is 1.80 bits per heavy atom. The Kier molecular flexibility index (Phi) is 6.99. The van der Waals surface area contributed by atoms with E-state index in [9.17, 15) is 4.79 Å². The highest BCUT2D eigenvalue weighted by molar-refractivity contribution is 5.88. The molecule has 0 saturated heterocycles. The Hall–Kier alpha value is -0.870. The van der Waals surface area contributed by atoms with Crippen molar-refractivity contribution in [1.29, 1.82) is 0 Å². The molecule has 0 atom stereocenters. The third-order valence-corrected chi connectivity index (χ3v) is 1.39. The summed E-state index contributed by atoms with van der Waals surface area (Å²) < 4.78 is 15.2. The van der Waals surface area contributed by atoms with Crippen molar-refractivity contribution in [2.45, 2.75) is 39.9 Å². The van der Waals surface area contributed by atoms with E-state index in [1.165, 1.54) is 0 Å². The van der Waals surface area contributed by atoms with Gasteiger partial charge >= 0.3 is 5.97 Å². The number of hydrogen-bond acceptors (Lipinski definition) is 4. The van der Waals surface area contributed by atoms with Gasteiger partial charge in [-0.05, 0) is 27.7 Å². The van der Waals surface area contributed by atoms with Crippen LogP contribution in [0.3, 0.4) is 0 Å². The van der Waals surface area contributed by atoms with Gasteiger partial charge in [-0.2, -0.15) is 0 Å². The fraction of sp³-hybridized carbons (Fsp3) is 0.727. The molecule has 0 aliphatic rings. The largest absolute Gasteiger partial charge is 0.460 e. The molecular formula is C11H20O4. The van der Waals surface area contributed by atoms with Crippen molar-refractivity contribution in [2.75, 3.05) is 13.4 Å². The fourth-order valence-corrected chi connectivity index (χ4v) is 0.705. The van der Waals surface area contributed by atoms with Crippen LogP contribution in [-0.2, 0) is 19.0 Å². The molecular weight excluding hydrogens is 196 g/mol. The minimum absolute atomic E-state index is 0.112. The van der Waals surface area contributed by atoms with Crippen molar-refractivity contribution in [2.24, 2.45) is 0 Å². The first-order chi connectivity index (χ1) is 6.93. The van der Waals surface area contributed by atoms with Gasteiger partial charge in [0.1, 0.15) is 6.79 Å². The van der Waals surface area contributed by atoms with Crippen molar-refractivity contribution < 1.29 is 19.0 Å². The van der Waals surface area contributed by atoms with Crippen LogP contribution in [-0.4, -0.2) is 31.6 Å². The van der Waals surface area contributed by atoms with E-state index in [1.807, 2.05) is 13.8 Å². The van der Waals surface area contributed by atoms with Crippen LogP contribution in [0.5, 0.6) is 0 Å². The summed E-state index contributed by atoms with van der Waals surface area (Å²) in [5, 5.41) is 0. The van der Waals surface area contributed by atoms with Crippen molar-refractivity contribution in [1.82, 2.24) is 0 Å². The van der Waals surface area contributed by atoms with Gasteiger partial charge in [-0.3, -0.25) is 0 Å². The Bertz CT molecular complexity index is 209. The molecule has 0 heterocycles. The van der Waals surface area contributed by atoms with Crippen LogP contribution >= 0.6 is 0 Å². The highest BCUT2D eigenvalue weighted by Gasteiger charge is 2.10. The summed E-state index contributed by atoms with van der Waals surface area (Å²) in [5.41, 5.74) is 0.302. The molecule has 4 heteroatoms. The molecule has 0 rings (SSSR count). The second-order valence-electron chi connectivity index (χ2n) is 3.74. The number of carbonyl (C=O) groups excluding carboxylic acids is 1. The summed E-state index contributed by atoms with van der Waals surface area (Å²) in [5.74, 6) is -0.422. The smallest absolute Gasteiger partial charge is 0.336 e. The molecule has 0 aliphatic heterocycles. The third-order valence-electron chi connectivity index (χ3n) is 1.39. The summed E-state index contributed by atoms with van der Waals surface area (Å²) in [6.45, 7) is 11.3. The molecule has 15 heavy (non-hydrogen) atoms. The predicted molar refractivity (Wildman–Crippen MR) is 57.4 cm³/mol. The molecule has 0 bridgehead atoms. The maximum absolute atomic E-state index is 11.2.